The van der Waals surface area contributed by atoms with Gasteiger partial charge in [-0.25, -0.2) is 0 Å². The van der Waals surface area contributed by atoms with Gasteiger partial charge >= 0.3 is 0 Å². The molecule has 0 aliphatic heterocycles. The van der Waals surface area contributed by atoms with Gasteiger partial charge in [-0.1, -0.05) is 80.1 Å². The molecule has 3 N–H and O–H groups in total. The van der Waals surface area contributed by atoms with Crippen LogP contribution in [0.5, 0.6) is 0 Å². The third-order valence-corrected chi connectivity index (χ3v) is 6.49. The first-order valence-corrected chi connectivity index (χ1v) is 13.6. The minimum Gasteiger partial charge on any atom is -0.390 e. The molecule has 6 heteroatoms. The molecule has 3 rings (SSSR count). The Hall–Kier alpha value is -3.48. The maximum absolute atomic E-state index is 13.3. The summed E-state index contributed by atoms with van der Waals surface area (Å²) in [4.78, 5) is 28.2. The van der Waals surface area contributed by atoms with Crippen LogP contribution in [0.4, 0.5) is 0 Å². The summed E-state index contributed by atoms with van der Waals surface area (Å²) in [7, 11) is 0. The van der Waals surface area contributed by atoms with E-state index in [-0.39, 0.29) is 11.8 Å². The van der Waals surface area contributed by atoms with Crippen molar-refractivity contribution in [2.45, 2.75) is 58.7 Å². The predicted molar refractivity (Wildman–Crippen MR) is 153 cm³/mol. The second kappa shape index (κ2) is 15.1. The highest BCUT2D eigenvalue weighted by Crippen LogP contribution is 2.13. The molecule has 3 aromatic rings. The van der Waals surface area contributed by atoms with Crippen molar-refractivity contribution in [1.82, 2.24) is 15.5 Å². The van der Waals surface area contributed by atoms with Crippen LogP contribution in [0.2, 0.25) is 0 Å². The van der Waals surface area contributed by atoms with Crippen molar-refractivity contribution < 1.29 is 14.7 Å². The fraction of sp³-hybridized carbons (Fsp3) is 0.375. The van der Waals surface area contributed by atoms with Crippen LogP contribution in [-0.4, -0.2) is 53.6 Å². The lowest BCUT2D eigenvalue weighted by Crippen LogP contribution is -2.48. The summed E-state index contributed by atoms with van der Waals surface area (Å²) < 4.78 is 0. The van der Waals surface area contributed by atoms with E-state index in [0.717, 1.165) is 24.0 Å². The SMILES string of the molecule is CCCN(CCC)C(=O)c1cccc(C(=O)N[C@@H](Cc2ccccc2)[C@H](O)CNCc2cccc(C)c2)c1. The molecule has 2 atom stereocenters. The molecule has 0 spiro atoms. The lowest BCUT2D eigenvalue weighted by atomic mass is 10.00. The van der Waals surface area contributed by atoms with Crippen LogP contribution in [0.1, 0.15) is 64.1 Å². The monoisotopic (exact) mass is 515 g/mol. The van der Waals surface area contributed by atoms with Crippen molar-refractivity contribution in [3.05, 3.63) is 107 Å². The second-order valence-electron chi connectivity index (χ2n) is 9.83. The number of aliphatic hydroxyl groups excluding tert-OH is 1. The molecule has 0 aliphatic carbocycles. The third-order valence-electron chi connectivity index (χ3n) is 6.49. The van der Waals surface area contributed by atoms with Gasteiger partial charge in [0.25, 0.3) is 11.8 Å². The molecule has 0 bridgehead atoms. The van der Waals surface area contributed by atoms with Gasteiger partial charge in [0.2, 0.25) is 0 Å². The molecule has 0 saturated carbocycles. The lowest BCUT2D eigenvalue weighted by molar-refractivity contribution is 0.0755. The number of hydrogen-bond donors (Lipinski definition) is 3. The van der Waals surface area contributed by atoms with E-state index < -0.39 is 12.1 Å². The standard InChI is InChI=1S/C32H41N3O3/c1-4-17-35(18-5-2)32(38)28-16-10-15-27(21-28)31(37)34-29(20-25-12-7-6-8-13-25)30(36)23-33-22-26-14-9-11-24(3)19-26/h6-16,19,21,29-30,33,36H,4-5,17-18,20,22-23H2,1-3H3,(H,34,37)/t29-,30+/m0/s1. The maximum Gasteiger partial charge on any atom is 0.253 e. The quantitative estimate of drug-likeness (QED) is 0.289. The van der Waals surface area contributed by atoms with Gasteiger partial charge < -0.3 is 20.6 Å². The van der Waals surface area contributed by atoms with Gasteiger partial charge in [0, 0.05) is 37.3 Å². The Balaban J connectivity index is 1.71. The molecule has 202 valence electrons. The molecular weight excluding hydrogens is 474 g/mol. The number of amides is 2. The van der Waals surface area contributed by atoms with E-state index in [2.05, 4.69) is 29.7 Å². The molecule has 0 heterocycles. The van der Waals surface area contributed by atoms with Gasteiger partial charge in [0.15, 0.2) is 0 Å². The molecule has 0 saturated heterocycles. The number of benzene rings is 3. The predicted octanol–water partition coefficient (Wildman–Crippen LogP) is 4.75. The van der Waals surface area contributed by atoms with E-state index in [0.29, 0.717) is 43.7 Å². The van der Waals surface area contributed by atoms with Crippen molar-refractivity contribution >= 4 is 11.8 Å². The van der Waals surface area contributed by atoms with Gasteiger partial charge in [0.05, 0.1) is 12.1 Å². The lowest BCUT2D eigenvalue weighted by Gasteiger charge is -2.25. The van der Waals surface area contributed by atoms with E-state index in [1.165, 1.54) is 5.56 Å². The van der Waals surface area contributed by atoms with Crippen molar-refractivity contribution in [3.8, 4) is 0 Å². The average Bonchev–Trinajstić information content (AvgIpc) is 2.93. The molecule has 0 radical (unpaired) electrons. The number of carbonyl (C=O) groups is 2. The Kier molecular flexibility index (Phi) is 11.5. The summed E-state index contributed by atoms with van der Waals surface area (Å²) in [5.41, 5.74) is 4.25. The molecule has 0 aromatic heterocycles. The van der Waals surface area contributed by atoms with Crippen LogP contribution >= 0.6 is 0 Å². The molecule has 6 nitrogen and oxygen atoms in total. The first-order chi connectivity index (χ1) is 18.4. The number of aliphatic hydroxyl groups is 1. The highest BCUT2D eigenvalue weighted by Gasteiger charge is 2.23. The summed E-state index contributed by atoms with van der Waals surface area (Å²) in [5.74, 6) is -0.375. The Morgan fingerprint density at radius 2 is 1.50 bits per heavy atom. The summed E-state index contributed by atoms with van der Waals surface area (Å²) in [6.45, 7) is 8.47. The van der Waals surface area contributed by atoms with Crippen molar-refractivity contribution in [2.24, 2.45) is 0 Å². The van der Waals surface area contributed by atoms with Crippen molar-refractivity contribution in [1.29, 1.82) is 0 Å². The number of nitrogens with one attached hydrogen (secondary N) is 2. The van der Waals surface area contributed by atoms with Crippen LogP contribution in [0.15, 0.2) is 78.9 Å². The van der Waals surface area contributed by atoms with Gasteiger partial charge in [0.1, 0.15) is 0 Å². The number of carbonyl (C=O) groups excluding carboxylic acids is 2. The van der Waals surface area contributed by atoms with E-state index in [1.807, 2.05) is 61.2 Å². The molecule has 2 amide bonds. The Bertz CT molecular complexity index is 1160. The summed E-state index contributed by atoms with van der Waals surface area (Å²) in [6, 6.07) is 24.4. The van der Waals surface area contributed by atoms with Crippen LogP contribution < -0.4 is 10.6 Å². The van der Waals surface area contributed by atoms with Crippen LogP contribution in [-0.2, 0) is 13.0 Å². The zero-order chi connectivity index (χ0) is 27.3. The maximum atomic E-state index is 13.3. The number of aryl methyl sites for hydroxylation is 1. The Morgan fingerprint density at radius 3 is 2.18 bits per heavy atom. The summed E-state index contributed by atoms with van der Waals surface area (Å²) >= 11 is 0. The smallest absolute Gasteiger partial charge is 0.253 e. The number of hydrogen-bond acceptors (Lipinski definition) is 4. The van der Waals surface area contributed by atoms with E-state index in [1.54, 1.807) is 24.3 Å². The average molecular weight is 516 g/mol. The molecular formula is C32H41N3O3. The van der Waals surface area contributed by atoms with Gasteiger partial charge in [-0.05, 0) is 55.5 Å². The van der Waals surface area contributed by atoms with Crippen molar-refractivity contribution in [2.75, 3.05) is 19.6 Å². The zero-order valence-corrected chi connectivity index (χ0v) is 22.8. The fourth-order valence-corrected chi connectivity index (χ4v) is 4.56. The second-order valence-corrected chi connectivity index (χ2v) is 9.83. The molecule has 38 heavy (non-hydrogen) atoms. The molecule has 3 aromatic carbocycles. The zero-order valence-electron chi connectivity index (χ0n) is 22.8. The largest absolute Gasteiger partial charge is 0.390 e. The molecule has 0 aliphatic rings. The van der Waals surface area contributed by atoms with E-state index >= 15 is 0 Å². The third kappa shape index (κ3) is 8.82. The topological polar surface area (TPSA) is 81.7 Å². The summed E-state index contributed by atoms with van der Waals surface area (Å²) in [6.07, 6.45) is 1.43. The highest BCUT2D eigenvalue weighted by atomic mass is 16.3. The van der Waals surface area contributed by atoms with E-state index in [4.69, 9.17) is 0 Å². The van der Waals surface area contributed by atoms with Crippen LogP contribution in [0.25, 0.3) is 0 Å². The Morgan fingerprint density at radius 1 is 0.842 bits per heavy atom. The van der Waals surface area contributed by atoms with Gasteiger partial charge in [-0.2, -0.15) is 0 Å². The first-order valence-electron chi connectivity index (χ1n) is 13.6. The van der Waals surface area contributed by atoms with Crippen LogP contribution in [0.3, 0.4) is 0 Å². The normalized spacial score (nSPS) is 12.5. The number of rotatable bonds is 14. The fourth-order valence-electron chi connectivity index (χ4n) is 4.56. The Labute approximate surface area is 227 Å². The van der Waals surface area contributed by atoms with Gasteiger partial charge in [-0.3, -0.25) is 9.59 Å². The minimum atomic E-state index is -0.807. The van der Waals surface area contributed by atoms with E-state index in [9.17, 15) is 14.7 Å². The van der Waals surface area contributed by atoms with Crippen molar-refractivity contribution in [3.63, 3.8) is 0 Å². The minimum absolute atomic E-state index is 0.0652. The van der Waals surface area contributed by atoms with Crippen LogP contribution in [0, 0.1) is 6.92 Å². The van der Waals surface area contributed by atoms with Gasteiger partial charge in [-0.15, -0.1) is 0 Å². The first kappa shape index (κ1) is 29.1. The molecule has 0 unspecified atom stereocenters. The summed E-state index contributed by atoms with van der Waals surface area (Å²) in [5, 5.41) is 17.4. The highest BCUT2D eigenvalue weighted by molar-refractivity contribution is 5.99. The number of nitrogens with zero attached hydrogens (tertiary/aromatic N) is 1. The molecule has 0 fully saturated rings.